The molecule has 1 unspecified atom stereocenters. The molecular weight excluding hydrogens is 392 g/mol. The van der Waals surface area contributed by atoms with E-state index in [0.29, 0.717) is 18.2 Å². The van der Waals surface area contributed by atoms with Gasteiger partial charge in [-0.15, -0.1) is 0 Å². The van der Waals surface area contributed by atoms with E-state index in [2.05, 4.69) is 34.6 Å². The van der Waals surface area contributed by atoms with E-state index in [1.54, 1.807) is 12.1 Å². The molecule has 31 heavy (non-hydrogen) atoms. The molecule has 166 valence electrons. The number of rotatable bonds is 8. The molecular formula is C24H32N4O3. The zero-order chi connectivity index (χ0) is 22.4. The van der Waals surface area contributed by atoms with Crippen molar-refractivity contribution in [1.29, 1.82) is 0 Å². The summed E-state index contributed by atoms with van der Waals surface area (Å²) in [6, 6.07) is 12.8. The first-order valence-corrected chi connectivity index (χ1v) is 11.0. The van der Waals surface area contributed by atoms with E-state index in [-0.39, 0.29) is 23.2 Å². The molecule has 1 heterocycles. The predicted octanol–water partition coefficient (Wildman–Crippen LogP) is 4.58. The zero-order valence-corrected chi connectivity index (χ0v) is 18.6. The number of nitrogens with one attached hydrogen (secondary N) is 2. The van der Waals surface area contributed by atoms with Crippen molar-refractivity contribution in [2.75, 3.05) is 18.4 Å². The van der Waals surface area contributed by atoms with Crippen LogP contribution in [0.1, 0.15) is 55.1 Å². The van der Waals surface area contributed by atoms with Gasteiger partial charge in [-0.25, -0.2) is 0 Å². The number of anilines is 1. The number of nitro benzene ring substituents is 1. The molecule has 0 radical (unpaired) electrons. The Morgan fingerprint density at radius 2 is 1.97 bits per heavy atom. The summed E-state index contributed by atoms with van der Waals surface area (Å²) in [4.78, 5) is 25.9. The number of hydrogen-bond acceptors (Lipinski definition) is 5. The first-order chi connectivity index (χ1) is 14.8. The fourth-order valence-corrected chi connectivity index (χ4v) is 4.06. The third kappa shape index (κ3) is 6.28. The number of amides is 1. The largest absolute Gasteiger partial charge is 0.375 e. The van der Waals surface area contributed by atoms with Crippen molar-refractivity contribution in [2.45, 2.75) is 52.7 Å². The molecule has 7 heteroatoms. The van der Waals surface area contributed by atoms with Crippen molar-refractivity contribution < 1.29 is 9.72 Å². The van der Waals surface area contributed by atoms with Crippen molar-refractivity contribution in [3.05, 3.63) is 69.3 Å². The lowest BCUT2D eigenvalue weighted by molar-refractivity contribution is -0.384. The molecule has 1 aliphatic heterocycles. The molecule has 1 atom stereocenters. The standard InChI is InChI=1S/C24H32N4O3/c1-17(2)26-24(29)19-10-11-22(23(13-19)28(30)31)25-14-20-8-4-5-9-21(20)16-27-12-6-7-18(3)15-27/h4-5,8-11,13,17-18,25H,6-7,12,14-16H2,1-3H3,(H,26,29). The van der Waals surface area contributed by atoms with Gasteiger partial charge in [0, 0.05) is 37.3 Å². The maximum atomic E-state index is 12.2. The van der Waals surface area contributed by atoms with Crippen LogP contribution in [0.4, 0.5) is 11.4 Å². The third-order valence-electron chi connectivity index (χ3n) is 5.60. The SMILES string of the molecule is CC1CCCN(Cc2ccccc2CNc2ccc(C(=O)NC(C)C)cc2[N+](=O)[O-])C1. The highest BCUT2D eigenvalue weighted by Gasteiger charge is 2.19. The van der Waals surface area contributed by atoms with Crippen LogP contribution in [0, 0.1) is 16.0 Å². The molecule has 2 aromatic carbocycles. The topological polar surface area (TPSA) is 87.5 Å². The van der Waals surface area contributed by atoms with E-state index in [0.717, 1.165) is 25.2 Å². The average molecular weight is 425 g/mol. The van der Waals surface area contributed by atoms with Crippen LogP contribution in [-0.2, 0) is 13.1 Å². The summed E-state index contributed by atoms with van der Waals surface area (Å²) in [5, 5.41) is 17.6. The van der Waals surface area contributed by atoms with Gasteiger partial charge >= 0.3 is 0 Å². The Kier molecular flexibility index (Phi) is 7.63. The monoisotopic (exact) mass is 424 g/mol. The minimum absolute atomic E-state index is 0.0382. The smallest absolute Gasteiger partial charge is 0.293 e. The van der Waals surface area contributed by atoms with Gasteiger partial charge in [-0.05, 0) is 62.4 Å². The number of nitrogens with zero attached hydrogens (tertiary/aromatic N) is 2. The Labute approximate surface area is 184 Å². The Morgan fingerprint density at radius 3 is 2.65 bits per heavy atom. The van der Waals surface area contributed by atoms with Crippen LogP contribution in [0.25, 0.3) is 0 Å². The Hall–Kier alpha value is -2.93. The van der Waals surface area contributed by atoms with Crippen LogP contribution in [-0.4, -0.2) is 34.9 Å². The van der Waals surface area contributed by atoms with Gasteiger partial charge in [-0.3, -0.25) is 19.8 Å². The van der Waals surface area contributed by atoms with Crippen LogP contribution in [0.5, 0.6) is 0 Å². The van der Waals surface area contributed by atoms with Gasteiger partial charge in [0.1, 0.15) is 5.69 Å². The number of piperidine rings is 1. The highest BCUT2D eigenvalue weighted by atomic mass is 16.6. The molecule has 1 saturated heterocycles. The van der Waals surface area contributed by atoms with Gasteiger partial charge in [0.05, 0.1) is 4.92 Å². The van der Waals surface area contributed by atoms with Crippen LogP contribution in [0.15, 0.2) is 42.5 Å². The summed E-state index contributed by atoms with van der Waals surface area (Å²) in [6.07, 6.45) is 2.51. The molecule has 0 bridgehead atoms. The quantitative estimate of drug-likeness (QED) is 0.478. The minimum Gasteiger partial charge on any atom is -0.375 e. The lowest BCUT2D eigenvalue weighted by Gasteiger charge is -2.31. The normalized spacial score (nSPS) is 16.8. The van der Waals surface area contributed by atoms with E-state index in [1.807, 2.05) is 26.0 Å². The Morgan fingerprint density at radius 1 is 1.23 bits per heavy atom. The summed E-state index contributed by atoms with van der Waals surface area (Å²) >= 11 is 0. The second-order valence-corrected chi connectivity index (χ2v) is 8.72. The van der Waals surface area contributed by atoms with E-state index >= 15 is 0 Å². The number of carbonyl (C=O) groups excluding carboxylic acids is 1. The van der Waals surface area contributed by atoms with Crippen LogP contribution < -0.4 is 10.6 Å². The van der Waals surface area contributed by atoms with Crippen molar-refractivity contribution in [2.24, 2.45) is 5.92 Å². The summed E-state index contributed by atoms with van der Waals surface area (Å²) in [7, 11) is 0. The van der Waals surface area contributed by atoms with E-state index in [9.17, 15) is 14.9 Å². The molecule has 1 aliphatic rings. The molecule has 2 aromatic rings. The summed E-state index contributed by atoms with van der Waals surface area (Å²) in [5.74, 6) is 0.402. The number of nitro groups is 1. The molecule has 0 aliphatic carbocycles. The molecule has 0 aromatic heterocycles. The van der Waals surface area contributed by atoms with Crippen molar-refractivity contribution in [1.82, 2.24) is 10.2 Å². The molecule has 0 spiro atoms. The maximum absolute atomic E-state index is 12.2. The second-order valence-electron chi connectivity index (χ2n) is 8.72. The Balaban J connectivity index is 1.73. The van der Waals surface area contributed by atoms with Crippen LogP contribution in [0.3, 0.4) is 0 Å². The number of likely N-dealkylation sites (tertiary alicyclic amines) is 1. The fourth-order valence-electron chi connectivity index (χ4n) is 4.06. The molecule has 2 N–H and O–H groups in total. The molecule has 3 rings (SSSR count). The highest BCUT2D eigenvalue weighted by Crippen LogP contribution is 2.27. The van der Waals surface area contributed by atoms with Crippen molar-refractivity contribution in [3.63, 3.8) is 0 Å². The van der Waals surface area contributed by atoms with Crippen LogP contribution >= 0.6 is 0 Å². The molecule has 7 nitrogen and oxygen atoms in total. The Bertz CT molecular complexity index is 929. The van der Waals surface area contributed by atoms with E-state index in [4.69, 9.17) is 0 Å². The second kappa shape index (κ2) is 10.4. The van der Waals surface area contributed by atoms with Gasteiger partial charge in [0.15, 0.2) is 0 Å². The number of carbonyl (C=O) groups is 1. The molecule has 1 fully saturated rings. The highest BCUT2D eigenvalue weighted by molar-refractivity contribution is 5.95. The number of benzene rings is 2. The van der Waals surface area contributed by atoms with E-state index < -0.39 is 4.92 Å². The summed E-state index contributed by atoms with van der Waals surface area (Å²) < 4.78 is 0. The lowest BCUT2D eigenvalue weighted by atomic mass is 9.99. The first-order valence-electron chi connectivity index (χ1n) is 11.0. The number of hydrogen-bond donors (Lipinski definition) is 2. The van der Waals surface area contributed by atoms with Gasteiger partial charge in [0.25, 0.3) is 11.6 Å². The maximum Gasteiger partial charge on any atom is 0.293 e. The van der Waals surface area contributed by atoms with Gasteiger partial charge in [-0.2, -0.15) is 0 Å². The summed E-state index contributed by atoms with van der Waals surface area (Å²) in [5.41, 5.74) is 2.95. The fraction of sp³-hybridized carbons (Fsp3) is 0.458. The summed E-state index contributed by atoms with van der Waals surface area (Å²) in [6.45, 7) is 9.58. The van der Waals surface area contributed by atoms with Gasteiger partial charge in [0.2, 0.25) is 0 Å². The van der Waals surface area contributed by atoms with Crippen molar-refractivity contribution >= 4 is 17.3 Å². The lowest BCUT2D eigenvalue weighted by Crippen LogP contribution is -2.34. The van der Waals surface area contributed by atoms with Gasteiger partial charge < -0.3 is 10.6 Å². The van der Waals surface area contributed by atoms with Crippen LogP contribution in [0.2, 0.25) is 0 Å². The third-order valence-corrected chi connectivity index (χ3v) is 5.60. The molecule has 0 saturated carbocycles. The van der Waals surface area contributed by atoms with Crippen molar-refractivity contribution in [3.8, 4) is 0 Å². The predicted molar refractivity (Wildman–Crippen MR) is 123 cm³/mol. The first kappa shape index (κ1) is 22.7. The molecule has 1 amide bonds. The average Bonchev–Trinajstić information content (AvgIpc) is 2.72. The van der Waals surface area contributed by atoms with E-state index in [1.165, 1.54) is 24.5 Å². The minimum atomic E-state index is -0.449. The zero-order valence-electron chi connectivity index (χ0n) is 18.6. The van der Waals surface area contributed by atoms with Gasteiger partial charge in [-0.1, -0.05) is 31.2 Å².